The molecule has 3 aliphatic carbocycles. The van der Waals surface area contributed by atoms with Crippen LogP contribution >= 0.6 is 0 Å². The van der Waals surface area contributed by atoms with Crippen LogP contribution in [0.5, 0.6) is 0 Å². The average molecular weight is 246 g/mol. The molecule has 0 N–H and O–H groups in total. The largest absolute Gasteiger partial charge is 0.0759 e. The fourth-order valence-electron chi connectivity index (χ4n) is 3.65. The molecule has 1 unspecified atom stereocenters. The first kappa shape index (κ1) is 11.0. The van der Waals surface area contributed by atoms with Gasteiger partial charge in [-0.2, -0.15) is 0 Å². The van der Waals surface area contributed by atoms with Gasteiger partial charge >= 0.3 is 0 Å². The lowest BCUT2D eigenvalue weighted by atomic mass is 9.68. The van der Waals surface area contributed by atoms with Crippen molar-refractivity contribution in [2.24, 2.45) is 5.92 Å². The van der Waals surface area contributed by atoms with Crippen LogP contribution in [0.4, 0.5) is 0 Å². The molecule has 0 heteroatoms. The van der Waals surface area contributed by atoms with Gasteiger partial charge in [0.15, 0.2) is 0 Å². The first-order chi connectivity index (χ1) is 9.25. The molecule has 0 spiro atoms. The molecule has 1 atom stereocenters. The SMILES string of the molecule is CC(C)C1=CC2=CC=CC3=CCc4cccc1c4C23. The Balaban J connectivity index is 2.05. The zero-order valence-corrected chi connectivity index (χ0v) is 11.5. The molecule has 0 heterocycles. The van der Waals surface area contributed by atoms with Gasteiger partial charge in [-0.25, -0.2) is 0 Å². The van der Waals surface area contributed by atoms with Crippen molar-refractivity contribution >= 4 is 5.57 Å². The number of hydrogen-bond acceptors (Lipinski definition) is 0. The van der Waals surface area contributed by atoms with E-state index in [0.717, 1.165) is 6.42 Å². The van der Waals surface area contributed by atoms with Crippen LogP contribution < -0.4 is 0 Å². The Morgan fingerprint density at radius 3 is 2.89 bits per heavy atom. The van der Waals surface area contributed by atoms with Gasteiger partial charge in [0, 0.05) is 5.92 Å². The van der Waals surface area contributed by atoms with E-state index in [-0.39, 0.29) is 0 Å². The average Bonchev–Trinajstić information content (AvgIpc) is 2.44. The molecule has 1 aromatic rings. The van der Waals surface area contributed by atoms with Gasteiger partial charge in [-0.1, -0.05) is 62.4 Å². The smallest absolute Gasteiger partial charge is 0.0345 e. The van der Waals surface area contributed by atoms with Gasteiger partial charge in [-0.15, -0.1) is 0 Å². The molecule has 3 aliphatic rings. The molecule has 1 aromatic carbocycles. The number of allylic oxidation sites excluding steroid dienone is 8. The number of benzene rings is 1. The molecule has 4 rings (SSSR count). The van der Waals surface area contributed by atoms with E-state index < -0.39 is 0 Å². The molecule has 0 saturated heterocycles. The van der Waals surface area contributed by atoms with Crippen molar-refractivity contribution in [3.05, 3.63) is 76.4 Å². The van der Waals surface area contributed by atoms with Gasteiger partial charge in [-0.05, 0) is 45.7 Å². The van der Waals surface area contributed by atoms with Crippen molar-refractivity contribution in [3.63, 3.8) is 0 Å². The lowest BCUT2D eigenvalue weighted by Gasteiger charge is -2.36. The van der Waals surface area contributed by atoms with E-state index in [1.807, 2.05) is 0 Å². The third kappa shape index (κ3) is 1.46. The molecule has 19 heavy (non-hydrogen) atoms. The van der Waals surface area contributed by atoms with Gasteiger partial charge in [0.2, 0.25) is 0 Å². The summed E-state index contributed by atoms with van der Waals surface area (Å²) in [5.41, 5.74) is 9.01. The molecule has 0 nitrogen and oxygen atoms in total. The van der Waals surface area contributed by atoms with E-state index in [4.69, 9.17) is 0 Å². The topological polar surface area (TPSA) is 0 Å². The Labute approximate surface area is 114 Å². The summed E-state index contributed by atoms with van der Waals surface area (Å²) in [6.07, 6.45) is 12.7. The van der Waals surface area contributed by atoms with Gasteiger partial charge in [0.1, 0.15) is 0 Å². The normalized spacial score (nSPS) is 22.7. The van der Waals surface area contributed by atoms with Gasteiger partial charge in [0.05, 0.1) is 0 Å². The Kier molecular flexibility index (Phi) is 2.23. The highest BCUT2D eigenvalue weighted by Crippen LogP contribution is 2.49. The summed E-state index contributed by atoms with van der Waals surface area (Å²) in [7, 11) is 0. The minimum atomic E-state index is 0.493. The monoisotopic (exact) mass is 246 g/mol. The van der Waals surface area contributed by atoms with E-state index in [1.54, 1.807) is 5.56 Å². The maximum absolute atomic E-state index is 2.42. The third-order valence-corrected chi connectivity index (χ3v) is 4.54. The highest BCUT2D eigenvalue weighted by Gasteiger charge is 2.32. The molecule has 94 valence electrons. The second-order valence-electron chi connectivity index (χ2n) is 6.00. The fourth-order valence-corrected chi connectivity index (χ4v) is 3.65. The fraction of sp³-hybridized carbons (Fsp3) is 0.263. The quantitative estimate of drug-likeness (QED) is 0.667. The van der Waals surface area contributed by atoms with E-state index in [0.29, 0.717) is 11.8 Å². The molecule has 0 fully saturated rings. The van der Waals surface area contributed by atoms with E-state index in [9.17, 15) is 0 Å². The van der Waals surface area contributed by atoms with Crippen LogP contribution in [0.15, 0.2) is 59.7 Å². The summed E-state index contributed by atoms with van der Waals surface area (Å²) in [4.78, 5) is 0. The lowest BCUT2D eigenvalue weighted by molar-refractivity contribution is 0.820. The van der Waals surface area contributed by atoms with Crippen molar-refractivity contribution in [1.82, 2.24) is 0 Å². The molecule has 0 radical (unpaired) electrons. The maximum atomic E-state index is 2.42. The number of hydrogen-bond donors (Lipinski definition) is 0. The molecule has 0 aliphatic heterocycles. The molecule has 0 amide bonds. The molecular weight excluding hydrogens is 228 g/mol. The van der Waals surface area contributed by atoms with E-state index in [2.05, 4.69) is 62.4 Å². The minimum Gasteiger partial charge on any atom is -0.0759 e. The van der Waals surface area contributed by atoms with Gasteiger partial charge in [-0.3, -0.25) is 0 Å². The number of rotatable bonds is 1. The van der Waals surface area contributed by atoms with Crippen LogP contribution in [0.3, 0.4) is 0 Å². The zero-order valence-electron chi connectivity index (χ0n) is 11.5. The zero-order chi connectivity index (χ0) is 13.0. The summed E-state index contributed by atoms with van der Waals surface area (Å²) in [5, 5.41) is 0. The Morgan fingerprint density at radius 2 is 2.05 bits per heavy atom. The molecule has 0 saturated carbocycles. The van der Waals surface area contributed by atoms with Gasteiger partial charge in [0.25, 0.3) is 0 Å². The first-order valence-corrected chi connectivity index (χ1v) is 7.18. The molecule has 0 aromatic heterocycles. The predicted octanol–water partition coefficient (Wildman–Crippen LogP) is 4.80. The predicted molar refractivity (Wildman–Crippen MR) is 81.0 cm³/mol. The maximum Gasteiger partial charge on any atom is 0.0345 e. The van der Waals surface area contributed by atoms with Crippen LogP contribution in [0.2, 0.25) is 0 Å². The standard InChI is InChI=1S/C19H18/c1-12(2)17-11-15-7-3-5-13-9-10-14-6-4-8-16(17)19(14)18(13)15/h3-9,11-12,18H,10H2,1-2H3. The van der Waals surface area contributed by atoms with Crippen LogP contribution in [0.1, 0.15) is 36.5 Å². The summed E-state index contributed by atoms with van der Waals surface area (Å²) in [6.45, 7) is 4.59. The highest BCUT2D eigenvalue weighted by atomic mass is 14.4. The lowest BCUT2D eigenvalue weighted by Crippen LogP contribution is -2.20. The van der Waals surface area contributed by atoms with E-state index >= 15 is 0 Å². The Morgan fingerprint density at radius 1 is 1.16 bits per heavy atom. The van der Waals surface area contributed by atoms with Gasteiger partial charge < -0.3 is 0 Å². The van der Waals surface area contributed by atoms with Crippen LogP contribution in [0, 0.1) is 5.92 Å². The molecule has 0 bridgehead atoms. The summed E-state index contributed by atoms with van der Waals surface area (Å²) >= 11 is 0. The van der Waals surface area contributed by atoms with Crippen molar-refractivity contribution < 1.29 is 0 Å². The minimum absolute atomic E-state index is 0.493. The first-order valence-electron chi connectivity index (χ1n) is 7.18. The second-order valence-corrected chi connectivity index (χ2v) is 6.00. The van der Waals surface area contributed by atoms with Crippen molar-refractivity contribution in [2.75, 3.05) is 0 Å². The van der Waals surface area contributed by atoms with Crippen molar-refractivity contribution in [1.29, 1.82) is 0 Å². The highest BCUT2D eigenvalue weighted by molar-refractivity contribution is 5.80. The summed E-state index contributed by atoms with van der Waals surface area (Å²) in [6, 6.07) is 6.82. The Bertz CT molecular complexity index is 678. The van der Waals surface area contributed by atoms with E-state index in [1.165, 1.54) is 27.8 Å². The Hall–Kier alpha value is -1.82. The van der Waals surface area contributed by atoms with Crippen LogP contribution in [-0.2, 0) is 6.42 Å². The van der Waals surface area contributed by atoms with Crippen molar-refractivity contribution in [3.8, 4) is 0 Å². The second kappa shape index (κ2) is 3.84. The third-order valence-electron chi connectivity index (χ3n) is 4.54. The van der Waals surface area contributed by atoms with Crippen LogP contribution in [0.25, 0.3) is 5.57 Å². The summed E-state index contributed by atoms with van der Waals surface area (Å²) < 4.78 is 0. The van der Waals surface area contributed by atoms with Crippen LogP contribution in [-0.4, -0.2) is 0 Å². The molecular formula is C19H18. The van der Waals surface area contributed by atoms with Crippen molar-refractivity contribution in [2.45, 2.75) is 26.2 Å². The summed E-state index contributed by atoms with van der Waals surface area (Å²) in [5.74, 6) is 1.07.